The van der Waals surface area contributed by atoms with Crippen LogP contribution in [-0.4, -0.2) is 25.3 Å². The van der Waals surface area contributed by atoms with Crippen LogP contribution >= 0.6 is 0 Å². The predicted molar refractivity (Wildman–Crippen MR) is 60.2 cm³/mol. The van der Waals surface area contributed by atoms with Gasteiger partial charge in [-0.2, -0.15) is 13.2 Å². The highest BCUT2D eigenvalue weighted by molar-refractivity contribution is 4.72. The van der Waals surface area contributed by atoms with Crippen molar-refractivity contribution in [3.05, 3.63) is 0 Å². The van der Waals surface area contributed by atoms with E-state index in [0.29, 0.717) is 6.54 Å². The Kier molecular flexibility index (Phi) is 6.33. The van der Waals surface area contributed by atoms with Gasteiger partial charge in [-0.3, -0.25) is 0 Å². The van der Waals surface area contributed by atoms with Crippen molar-refractivity contribution in [2.24, 2.45) is 11.1 Å². The molecule has 0 aromatic heterocycles. The summed E-state index contributed by atoms with van der Waals surface area (Å²) in [5.74, 6) is 0. The molecular formula is C11H23F3N2. The topological polar surface area (TPSA) is 38.0 Å². The van der Waals surface area contributed by atoms with Gasteiger partial charge in [0.25, 0.3) is 0 Å². The largest absolute Gasteiger partial charge is 0.390 e. The molecule has 0 aliphatic carbocycles. The second-order valence-electron chi connectivity index (χ2n) is 5.43. The molecule has 98 valence electrons. The Hall–Kier alpha value is -0.290. The molecule has 0 aliphatic heterocycles. The minimum absolute atomic E-state index is 0.0221. The summed E-state index contributed by atoms with van der Waals surface area (Å²) in [7, 11) is 0. The smallest absolute Gasteiger partial charge is 0.328 e. The second kappa shape index (κ2) is 6.45. The molecule has 3 N–H and O–H groups in total. The third kappa shape index (κ3) is 11.8. The maximum Gasteiger partial charge on any atom is 0.390 e. The Labute approximate surface area is 95.8 Å². The molecule has 0 rings (SSSR count). The summed E-state index contributed by atoms with van der Waals surface area (Å²) in [4.78, 5) is 0. The Morgan fingerprint density at radius 3 is 2.12 bits per heavy atom. The first-order valence-corrected chi connectivity index (χ1v) is 5.63. The van der Waals surface area contributed by atoms with Crippen LogP contribution in [-0.2, 0) is 0 Å². The maximum atomic E-state index is 11.8. The quantitative estimate of drug-likeness (QED) is 0.700. The van der Waals surface area contributed by atoms with Crippen molar-refractivity contribution in [1.29, 1.82) is 0 Å². The fourth-order valence-electron chi connectivity index (χ4n) is 1.53. The molecule has 16 heavy (non-hydrogen) atoms. The Morgan fingerprint density at radius 1 is 1.12 bits per heavy atom. The highest BCUT2D eigenvalue weighted by atomic mass is 19.4. The molecule has 0 bridgehead atoms. The van der Waals surface area contributed by atoms with Gasteiger partial charge in [0, 0.05) is 12.6 Å². The van der Waals surface area contributed by atoms with E-state index in [9.17, 15) is 13.2 Å². The van der Waals surface area contributed by atoms with Crippen molar-refractivity contribution in [2.45, 2.75) is 52.3 Å². The average molecular weight is 240 g/mol. The normalized spacial score (nSPS) is 15.2. The first kappa shape index (κ1) is 15.7. The molecule has 5 heteroatoms. The molecule has 0 aromatic rings. The van der Waals surface area contributed by atoms with Gasteiger partial charge in [0.05, 0.1) is 6.42 Å². The van der Waals surface area contributed by atoms with Crippen LogP contribution < -0.4 is 11.1 Å². The molecule has 0 spiro atoms. The van der Waals surface area contributed by atoms with Crippen LogP contribution in [0.25, 0.3) is 0 Å². The van der Waals surface area contributed by atoms with Gasteiger partial charge in [-0.15, -0.1) is 0 Å². The molecule has 0 saturated carbocycles. The summed E-state index contributed by atoms with van der Waals surface area (Å²) in [6.45, 7) is 6.83. The summed E-state index contributed by atoms with van der Waals surface area (Å²) in [6, 6.07) is 0.0541. The minimum atomic E-state index is -4.07. The molecule has 1 atom stereocenters. The van der Waals surface area contributed by atoms with Crippen LogP contribution in [0.4, 0.5) is 13.2 Å². The van der Waals surface area contributed by atoms with Gasteiger partial charge in [0.1, 0.15) is 0 Å². The van der Waals surface area contributed by atoms with Crippen molar-refractivity contribution in [3.63, 3.8) is 0 Å². The summed E-state index contributed by atoms with van der Waals surface area (Å²) in [5, 5.41) is 2.76. The molecule has 0 aliphatic rings. The van der Waals surface area contributed by atoms with E-state index in [1.165, 1.54) is 0 Å². The summed E-state index contributed by atoms with van der Waals surface area (Å²) >= 11 is 0. The number of alkyl halides is 3. The zero-order valence-electron chi connectivity index (χ0n) is 10.3. The summed E-state index contributed by atoms with van der Waals surface area (Å²) in [5.41, 5.74) is 6.04. The lowest BCUT2D eigenvalue weighted by atomic mass is 9.87. The number of rotatable bonds is 6. The van der Waals surface area contributed by atoms with Gasteiger partial charge in [0.2, 0.25) is 0 Å². The number of hydrogen-bond donors (Lipinski definition) is 2. The van der Waals surface area contributed by atoms with E-state index < -0.39 is 12.6 Å². The van der Waals surface area contributed by atoms with E-state index in [2.05, 4.69) is 26.1 Å². The predicted octanol–water partition coefficient (Wildman–Crippen LogP) is 2.68. The van der Waals surface area contributed by atoms with E-state index >= 15 is 0 Å². The zero-order valence-corrected chi connectivity index (χ0v) is 10.3. The van der Waals surface area contributed by atoms with Crippen LogP contribution in [0.15, 0.2) is 0 Å². The van der Waals surface area contributed by atoms with E-state index in [4.69, 9.17) is 5.73 Å². The van der Waals surface area contributed by atoms with E-state index in [1.54, 1.807) is 0 Å². The van der Waals surface area contributed by atoms with Gasteiger partial charge >= 0.3 is 6.18 Å². The van der Waals surface area contributed by atoms with E-state index in [-0.39, 0.29) is 18.0 Å². The standard InChI is InChI=1S/C11H23F3N2/c1-10(2,3)8-9(15)4-6-16-7-5-11(12,13)14/h9,16H,4-8,15H2,1-3H3. The van der Waals surface area contributed by atoms with Crippen molar-refractivity contribution in [1.82, 2.24) is 5.32 Å². The van der Waals surface area contributed by atoms with Crippen LogP contribution in [0, 0.1) is 5.41 Å². The molecule has 0 fully saturated rings. The van der Waals surface area contributed by atoms with Crippen LogP contribution in [0.1, 0.15) is 40.0 Å². The zero-order chi connectivity index (χ0) is 12.8. The summed E-state index contributed by atoms with van der Waals surface area (Å²) < 4.78 is 35.4. The van der Waals surface area contributed by atoms with Crippen LogP contribution in [0.2, 0.25) is 0 Å². The van der Waals surface area contributed by atoms with Crippen molar-refractivity contribution in [2.75, 3.05) is 13.1 Å². The monoisotopic (exact) mass is 240 g/mol. The Balaban J connectivity index is 3.45. The summed E-state index contributed by atoms with van der Waals surface area (Å²) in [6.07, 6.45) is -3.24. The molecule has 1 unspecified atom stereocenters. The number of halogens is 3. The van der Waals surface area contributed by atoms with Crippen molar-refractivity contribution in [3.8, 4) is 0 Å². The molecule has 0 amide bonds. The number of hydrogen-bond acceptors (Lipinski definition) is 2. The first-order chi connectivity index (χ1) is 7.10. The fraction of sp³-hybridized carbons (Fsp3) is 1.00. The lowest BCUT2D eigenvalue weighted by Crippen LogP contribution is -2.31. The van der Waals surface area contributed by atoms with Gasteiger partial charge < -0.3 is 11.1 Å². The average Bonchev–Trinajstić information content (AvgIpc) is 1.97. The van der Waals surface area contributed by atoms with Gasteiger partial charge in [-0.1, -0.05) is 20.8 Å². The molecular weight excluding hydrogens is 217 g/mol. The lowest BCUT2D eigenvalue weighted by Gasteiger charge is -2.23. The first-order valence-electron chi connectivity index (χ1n) is 5.63. The second-order valence-corrected chi connectivity index (χ2v) is 5.43. The molecule has 0 aromatic carbocycles. The fourth-order valence-corrected chi connectivity index (χ4v) is 1.53. The van der Waals surface area contributed by atoms with Crippen LogP contribution in [0.3, 0.4) is 0 Å². The van der Waals surface area contributed by atoms with Gasteiger partial charge in [0.15, 0.2) is 0 Å². The van der Waals surface area contributed by atoms with Gasteiger partial charge in [-0.25, -0.2) is 0 Å². The minimum Gasteiger partial charge on any atom is -0.328 e. The molecule has 2 nitrogen and oxygen atoms in total. The van der Waals surface area contributed by atoms with Crippen molar-refractivity contribution < 1.29 is 13.2 Å². The van der Waals surface area contributed by atoms with E-state index in [1.807, 2.05) is 0 Å². The maximum absolute atomic E-state index is 11.8. The molecule has 0 radical (unpaired) electrons. The number of nitrogens with one attached hydrogen (secondary N) is 1. The van der Waals surface area contributed by atoms with Crippen molar-refractivity contribution >= 4 is 0 Å². The third-order valence-corrected chi connectivity index (χ3v) is 2.15. The lowest BCUT2D eigenvalue weighted by molar-refractivity contribution is -0.133. The molecule has 0 heterocycles. The Bertz CT molecular complexity index is 185. The SMILES string of the molecule is CC(C)(C)CC(N)CCNCCC(F)(F)F. The van der Waals surface area contributed by atoms with E-state index in [0.717, 1.165) is 12.8 Å². The number of nitrogens with two attached hydrogens (primary N) is 1. The Morgan fingerprint density at radius 2 is 1.69 bits per heavy atom. The molecule has 0 saturated heterocycles. The third-order valence-electron chi connectivity index (χ3n) is 2.15. The highest BCUT2D eigenvalue weighted by Crippen LogP contribution is 2.21. The highest BCUT2D eigenvalue weighted by Gasteiger charge is 2.25. The van der Waals surface area contributed by atoms with Crippen LogP contribution in [0.5, 0.6) is 0 Å². The van der Waals surface area contributed by atoms with Gasteiger partial charge in [-0.05, 0) is 24.8 Å².